The van der Waals surface area contributed by atoms with Crippen LogP contribution >= 0.6 is 0 Å². The summed E-state index contributed by atoms with van der Waals surface area (Å²) in [4.78, 5) is 24.2. The van der Waals surface area contributed by atoms with Crippen LogP contribution in [0.25, 0.3) is 0 Å². The van der Waals surface area contributed by atoms with Gasteiger partial charge in [0.15, 0.2) is 0 Å². The standard InChI is InChI=1S/C18H17F3O5/c1-11(18(19,20)21)15(22)24-12-7-6-8-13-14(12)16(23)26-17(25-13)9-4-2-3-5-10-17/h6-8H,1-5,9-10H2. The van der Waals surface area contributed by atoms with Crippen molar-refractivity contribution in [2.45, 2.75) is 50.5 Å². The van der Waals surface area contributed by atoms with Gasteiger partial charge in [-0.2, -0.15) is 13.2 Å². The summed E-state index contributed by atoms with van der Waals surface area (Å²) in [5.41, 5.74) is -1.87. The molecule has 8 heteroatoms. The van der Waals surface area contributed by atoms with Gasteiger partial charge in [-0.3, -0.25) is 0 Å². The predicted octanol–water partition coefficient (Wildman–Crippen LogP) is 4.31. The molecule has 5 nitrogen and oxygen atoms in total. The number of hydrogen-bond acceptors (Lipinski definition) is 5. The number of alkyl halides is 3. The second-order valence-corrected chi connectivity index (χ2v) is 6.31. The Kier molecular flexibility index (Phi) is 4.68. The van der Waals surface area contributed by atoms with Crippen LogP contribution in [0.3, 0.4) is 0 Å². The lowest BCUT2D eigenvalue weighted by molar-refractivity contribution is -0.162. The fraction of sp³-hybridized carbons (Fsp3) is 0.444. The molecule has 0 amide bonds. The Morgan fingerprint density at radius 1 is 1.12 bits per heavy atom. The van der Waals surface area contributed by atoms with Gasteiger partial charge in [0.2, 0.25) is 0 Å². The van der Waals surface area contributed by atoms with Gasteiger partial charge in [-0.15, -0.1) is 0 Å². The van der Waals surface area contributed by atoms with Crippen molar-refractivity contribution in [3.8, 4) is 11.5 Å². The number of fused-ring (bicyclic) bond motifs is 1. The van der Waals surface area contributed by atoms with Gasteiger partial charge in [-0.05, 0) is 25.0 Å². The van der Waals surface area contributed by atoms with Crippen molar-refractivity contribution in [3.05, 3.63) is 35.9 Å². The van der Waals surface area contributed by atoms with Gasteiger partial charge in [-0.1, -0.05) is 25.5 Å². The Morgan fingerprint density at radius 3 is 2.38 bits per heavy atom. The summed E-state index contributed by atoms with van der Waals surface area (Å²) < 4.78 is 53.8. The van der Waals surface area contributed by atoms with Crippen molar-refractivity contribution in [2.24, 2.45) is 0 Å². The van der Waals surface area contributed by atoms with Crippen LogP contribution in [0.4, 0.5) is 13.2 Å². The van der Waals surface area contributed by atoms with E-state index in [1.807, 2.05) is 0 Å². The minimum absolute atomic E-state index is 0.131. The lowest BCUT2D eigenvalue weighted by Crippen LogP contribution is -2.44. The molecule has 1 heterocycles. The van der Waals surface area contributed by atoms with Gasteiger partial charge in [-0.25, -0.2) is 9.59 Å². The zero-order valence-electron chi connectivity index (χ0n) is 13.9. The van der Waals surface area contributed by atoms with Crippen LogP contribution in [-0.4, -0.2) is 23.9 Å². The highest BCUT2D eigenvalue weighted by Gasteiger charge is 2.44. The molecule has 1 aromatic carbocycles. The first-order chi connectivity index (χ1) is 12.2. The molecule has 1 aliphatic heterocycles. The molecule has 1 spiro atoms. The average Bonchev–Trinajstić information content (AvgIpc) is 2.78. The van der Waals surface area contributed by atoms with Gasteiger partial charge in [0, 0.05) is 12.8 Å². The molecule has 1 fully saturated rings. The first kappa shape index (κ1) is 18.3. The van der Waals surface area contributed by atoms with Gasteiger partial charge >= 0.3 is 18.1 Å². The molecule has 3 rings (SSSR count). The highest BCUT2D eigenvalue weighted by Crippen LogP contribution is 2.42. The van der Waals surface area contributed by atoms with Gasteiger partial charge in [0.05, 0.1) is 0 Å². The maximum Gasteiger partial charge on any atom is 0.422 e. The van der Waals surface area contributed by atoms with Crippen LogP contribution < -0.4 is 9.47 Å². The molecule has 0 unspecified atom stereocenters. The molecular formula is C18H17F3O5. The van der Waals surface area contributed by atoms with E-state index in [1.165, 1.54) is 18.2 Å². The minimum atomic E-state index is -4.92. The van der Waals surface area contributed by atoms with Crippen molar-refractivity contribution >= 4 is 11.9 Å². The van der Waals surface area contributed by atoms with Gasteiger partial charge < -0.3 is 14.2 Å². The van der Waals surface area contributed by atoms with Crippen LogP contribution in [0.15, 0.2) is 30.4 Å². The fourth-order valence-electron chi connectivity index (χ4n) is 3.07. The van der Waals surface area contributed by atoms with E-state index in [-0.39, 0.29) is 17.1 Å². The normalized spacial score (nSPS) is 19.0. The van der Waals surface area contributed by atoms with Gasteiger partial charge in [0.25, 0.3) is 5.79 Å². The fourth-order valence-corrected chi connectivity index (χ4v) is 3.07. The van der Waals surface area contributed by atoms with E-state index in [4.69, 9.17) is 14.2 Å². The summed E-state index contributed by atoms with van der Waals surface area (Å²) >= 11 is 0. The summed E-state index contributed by atoms with van der Waals surface area (Å²) in [6.07, 6.45) is -0.168. The Balaban J connectivity index is 1.88. The largest absolute Gasteiger partial charge is 0.451 e. The van der Waals surface area contributed by atoms with E-state index < -0.39 is 29.5 Å². The molecular weight excluding hydrogens is 353 g/mol. The number of carbonyl (C=O) groups is 2. The lowest BCUT2D eigenvalue weighted by atomic mass is 10.0. The maximum absolute atomic E-state index is 12.6. The highest BCUT2D eigenvalue weighted by molar-refractivity contribution is 5.99. The van der Waals surface area contributed by atoms with Crippen LogP contribution in [0.1, 0.15) is 48.9 Å². The molecule has 1 aliphatic carbocycles. The maximum atomic E-state index is 12.6. The van der Waals surface area contributed by atoms with E-state index >= 15 is 0 Å². The molecule has 1 aromatic rings. The zero-order chi connectivity index (χ0) is 18.9. The first-order valence-electron chi connectivity index (χ1n) is 8.25. The Morgan fingerprint density at radius 2 is 1.77 bits per heavy atom. The Hall–Kier alpha value is -2.51. The SMILES string of the molecule is C=C(C(=O)Oc1cccc2c1C(=O)OC1(CCCCCC1)O2)C(F)(F)F. The number of rotatable bonds is 2. The van der Waals surface area contributed by atoms with Crippen molar-refractivity contribution < 1.29 is 37.0 Å². The number of benzene rings is 1. The molecule has 26 heavy (non-hydrogen) atoms. The highest BCUT2D eigenvalue weighted by atomic mass is 19.4. The molecule has 0 atom stereocenters. The van der Waals surface area contributed by atoms with E-state index in [9.17, 15) is 22.8 Å². The van der Waals surface area contributed by atoms with E-state index in [0.29, 0.717) is 12.8 Å². The first-order valence-corrected chi connectivity index (χ1v) is 8.25. The van der Waals surface area contributed by atoms with E-state index in [1.54, 1.807) is 0 Å². The summed E-state index contributed by atoms with van der Waals surface area (Å²) in [6.45, 7) is 2.68. The molecule has 0 saturated heterocycles. The van der Waals surface area contributed by atoms with Crippen LogP contribution in [0.2, 0.25) is 0 Å². The van der Waals surface area contributed by atoms with Crippen molar-refractivity contribution in [1.82, 2.24) is 0 Å². The third-order valence-corrected chi connectivity index (χ3v) is 4.42. The molecule has 0 aromatic heterocycles. The number of halogens is 3. The monoisotopic (exact) mass is 370 g/mol. The summed E-state index contributed by atoms with van der Waals surface area (Å²) in [7, 11) is 0. The number of carbonyl (C=O) groups excluding carboxylic acids is 2. The van der Waals surface area contributed by atoms with Gasteiger partial charge in [0.1, 0.15) is 22.6 Å². The summed E-state index contributed by atoms with van der Waals surface area (Å²) in [5.74, 6) is -3.77. The van der Waals surface area contributed by atoms with E-state index in [0.717, 1.165) is 25.7 Å². The second kappa shape index (κ2) is 6.66. The second-order valence-electron chi connectivity index (χ2n) is 6.31. The topological polar surface area (TPSA) is 61.8 Å². The van der Waals surface area contributed by atoms with Crippen LogP contribution in [0.5, 0.6) is 11.5 Å². The molecule has 2 aliphatic rings. The zero-order valence-corrected chi connectivity index (χ0v) is 13.9. The number of esters is 2. The lowest BCUT2D eigenvalue weighted by Gasteiger charge is -2.37. The third kappa shape index (κ3) is 3.54. The smallest absolute Gasteiger partial charge is 0.422 e. The van der Waals surface area contributed by atoms with Crippen molar-refractivity contribution in [1.29, 1.82) is 0 Å². The number of hydrogen-bond donors (Lipinski definition) is 0. The van der Waals surface area contributed by atoms with E-state index in [2.05, 4.69) is 6.58 Å². The Bertz CT molecular complexity index is 746. The minimum Gasteiger partial charge on any atom is -0.451 e. The molecule has 0 bridgehead atoms. The summed E-state index contributed by atoms with van der Waals surface area (Å²) in [5, 5.41) is 0. The number of ether oxygens (including phenoxy) is 3. The molecule has 0 radical (unpaired) electrons. The Labute approximate surface area is 147 Å². The molecule has 0 N–H and O–H groups in total. The quantitative estimate of drug-likeness (QED) is 0.441. The van der Waals surface area contributed by atoms with Crippen LogP contribution in [-0.2, 0) is 9.53 Å². The van der Waals surface area contributed by atoms with Crippen molar-refractivity contribution in [3.63, 3.8) is 0 Å². The predicted molar refractivity (Wildman–Crippen MR) is 83.7 cm³/mol. The average molecular weight is 370 g/mol. The van der Waals surface area contributed by atoms with Crippen molar-refractivity contribution in [2.75, 3.05) is 0 Å². The van der Waals surface area contributed by atoms with Crippen LogP contribution in [0, 0.1) is 0 Å². The molecule has 1 saturated carbocycles. The third-order valence-electron chi connectivity index (χ3n) is 4.42. The molecule has 140 valence electrons. The summed E-state index contributed by atoms with van der Waals surface area (Å²) in [6, 6.07) is 4.13.